The first kappa shape index (κ1) is 18.4. The Kier molecular flexibility index (Phi) is 6.36. The molecule has 132 valence electrons. The lowest BCUT2D eigenvalue weighted by Gasteiger charge is -2.22. The van der Waals surface area contributed by atoms with Crippen LogP contribution in [0.5, 0.6) is 0 Å². The molecule has 0 aromatic carbocycles. The van der Waals surface area contributed by atoms with Crippen LogP contribution in [0.4, 0.5) is 5.00 Å². The van der Waals surface area contributed by atoms with E-state index in [-0.39, 0.29) is 23.7 Å². The van der Waals surface area contributed by atoms with Crippen molar-refractivity contribution in [2.45, 2.75) is 52.5 Å². The van der Waals surface area contributed by atoms with Crippen molar-refractivity contribution in [1.82, 2.24) is 5.32 Å². The molecular weight excluding hydrogens is 328 g/mol. The van der Waals surface area contributed by atoms with Crippen LogP contribution >= 0.6 is 11.3 Å². The lowest BCUT2D eigenvalue weighted by Crippen LogP contribution is -2.47. The van der Waals surface area contributed by atoms with Gasteiger partial charge in [-0.3, -0.25) is 9.59 Å². The van der Waals surface area contributed by atoms with Gasteiger partial charge in [0.05, 0.1) is 11.6 Å². The van der Waals surface area contributed by atoms with Crippen molar-refractivity contribution in [3.8, 4) is 0 Å². The highest BCUT2D eigenvalue weighted by Gasteiger charge is 2.31. The van der Waals surface area contributed by atoms with Crippen LogP contribution in [0.3, 0.4) is 0 Å². The summed E-state index contributed by atoms with van der Waals surface area (Å²) >= 11 is 1.20. The average molecular weight is 352 g/mol. The molecule has 1 heterocycles. The minimum Gasteiger partial charge on any atom is -0.462 e. The molecule has 1 aromatic heterocycles. The molecule has 1 unspecified atom stereocenters. The van der Waals surface area contributed by atoms with E-state index >= 15 is 0 Å². The molecule has 6 nitrogen and oxygen atoms in total. The van der Waals surface area contributed by atoms with Crippen LogP contribution in [0, 0.1) is 12.8 Å². The highest BCUT2D eigenvalue weighted by atomic mass is 32.1. The molecule has 7 heteroatoms. The molecule has 0 radical (unpaired) electrons. The molecule has 1 atom stereocenters. The number of rotatable bonds is 6. The van der Waals surface area contributed by atoms with Crippen molar-refractivity contribution in [2.24, 2.45) is 5.92 Å². The van der Waals surface area contributed by atoms with Gasteiger partial charge in [0.2, 0.25) is 11.8 Å². The van der Waals surface area contributed by atoms with Gasteiger partial charge in [0.1, 0.15) is 10.9 Å². The Bertz CT molecular complexity index is 620. The van der Waals surface area contributed by atoms with Gasteiger partial charge in [0.25, 0.3) is 0 Å². The predicted molar refractivity (Wildman–Crippen MR) is 93.2 cm³/mol. The topological polar surface area (TPSA) is 84.5 Å². The zero-order valence-electron chi connectivity index (χ0n) is 14.3. The fraction of sp³-hybridized carbons (Fsp3) is 0.588. The van der Waals surface area contributed by atoms with E-state index in [2.05, 4.69) is 10.6 Å². The van der Waals surface area contributed by atoms with E-state index in [4.69, 9.17) is 4.74 Å². The summed E-state index contributed by atoms with van der Waals surface area (Å²) in [6, 6.07) is 1.23. The standard InChI is InChI=1S/C17H24N2O4S/c1-4-23-17(22)15-10(2)9-13(24-15)19-16(21)14(18-11(3)20)12-7-5-6-8-12/h9,12,14H,4-8H2,1-3H3,(H,18,20)(H,19,21). The fourth-order valence-corrected chi connectivity index (χ4v) is 4.02. The Morgan fingerprint density at radius 1 is 1.33 bits per heavy atom. The van der Waals surface area contributed by atoms with E-state index in [1.807, 2.05) is 0 Å². The zero-order valence-corrected chi connectivity index (χ0v) is 15.1. The summed E-state index contributed by atoms with van der Waals surface area (Å²) in [5.74, 6) is -0.653. The van der Waals surface area contributed by atoms with Crippen LogP contribution in [0.15, 0.2) is 6.07 Å². The number of carbonyl (C=O) groups is 3. The third-order valence-corrected chi connectivity index (χ3v) is 5.27. The van der Waals surface area contributed by atoms with Gasteiger partial charge in [-0.1, -0.05) is 12.8 Å². The molecule has 1 saturated carbocycles. The Morgan fingerprint density at radius 2 is 2.00 bits per heavy atom. The summed E-state index contributed by atoms with van der Waals surface area (Å²) in [6.07, 6.45) is 4.05. The molecular formula is C17H24N2O4S. The van der Waals surface area contributed by atoms with Crippen LogP contribution in [-0.4, -0.2) is 30.4 Å². The van der Waals surface area contributed by atoms with Crippen LogP contribution < -0.4 is 10.6 Å². The Labute approximate surface area is 146 Å². The predicted octanol–water partition coefficient (Wildman–Crippen LogP) is 2.87. The van der Waals surface area contributed by atoms with E-state index < -0.39 is 6.04 Å². The third-order valence-electron chi connectivity index (χ3n) is 4.14. The van der Waals surface area contributed by atoms with Crippen molar-refractivity contribution in [3.05, 3.63) is 16.5 Å². The Hall–Kier alpha value is -1.89. The molecule has 2 rings (SSSR count). The normalized spacial score (nSPS) is 15.8. The van der Waals surface area contributed by atoms with Gasteiger partial charge < -0.3 is 15.4 Å². The summed E-state index contributed by atoms with van der Waals surface area (Å²) in [7, 11) is 0. The van der Waals surface area contributed by atoms with Crippen LogP contribution in [0.2, 0.25) is 0 Å². The second kappa shape index (κ2) is 8.28. The Morgan fingerprint density at radius 3 is 2.58 bits per heavy atom. The van der Waals surface area contributed by atoms with Crippen LogP contribution in [0.1, 0.15) is 54.8 Å². The maximum absolute atomic E-state index is 12.6. The van der Waals surface area contributed by atoms with Gasteiger partial charge in [-0.15, -0.1) is 11.3 Å². The van der Waals surface area contributed by atoms with Crippen molar-refractivity contribution >= 4 is 34.1 Å². The zero-order chi connectivity index (χ0) is 17.7. The number of nitrogens with one attached hydrogen (secondary N) is 2. The first-order valence-corrected chi connectivity index (χ1v) is 9.09. The summed E-state index contributed by atoms with van der Waals surface area (Å²) in [5, 5.41) is 6.20. The molecule has 0 spiro atoms. The molecule has 1 aliphatic rings. The number of thiophene rings is 1. The summed E-state index contributed by atoms with van der Waals surface area (Å²) in [5.41, 5.74) is 0.769. The highest BCUT2D eigenvalue weighted by Crippen LogP contribution is 2.30. The van der Waals surface area contributed by atoms with Crippen molar-refractivity contribution in [3.63, 3.8) is 0 Å². The van der Waals surface area contributed by atoms with Gasteiger partial charge in [-0.05, 0) is 44.2 Å². The van der Waals surface area contributed by atoms with Crippen molar-refractivity contribution in [1.29, 1.82) is 0 Å². The van der Waals surface area contributed by atoms with Crippen molar-refractivity contribution < 1.29 is 19.1 Å². The highest BCUT2D eigenvalue weighted by molar-refractivity contribution is 7.18. The van der Waals surface area contributed by atoms with Gasteiger partial charge in [0.15, 0.2) is 0 Å². The summed E-state index contributed by atoms with van der Waals surface area (Å²) in [4.78, 5) is 36.4. The van der Waals surface area contributed by atoms with Gasteiger partial charge in [-0.2, -0.15) is 0 Å². The first-order chi connectivity index (χ1) is 11.4. The van der Waals surface area contributed by atoms with Crippen molar-refractivity contribution in [2.75, 3.05) is 11.9 Å². The average Bonchev–Trinajstić information content (AvgIpc) is 3.14. The summed E-state index contributed by atoms with van der Waals surface area (Å²) in [6.45, 7) is 5.29. The second-order valence-electron chi connectivity index (χ2n) is 6.06. The van der Waals surface area contributed by atoms with Gasteiger partial charge in [-0.25, -0.2) is 4.79 Å². The largest absolute Gasteiger partial charge is 0.462 e. The molecule has 1 aliphatic carbocycles. The van der Waals surface area contributed by atoms with E-state index in [9.17, 15) is 14.4 Å². The van der Waals surface area contributed by atoms with Gasteiger partial charge >= 0.3 is 5.97 Å². The monoisotopic (exact) mass is 352 g/mol. The SMILES string of the molecule is CCOC(=O)c1sc(NC(=O)C(NC(C)=O)C2CCCC2)cc1C. The fourth-order valence-electron chi connectivity index (χ4n) is 3.05. The molecule has 24 heavy (non-hydrogen) atoms. The number of ether oxygens (including phenoxy) is 1. The lowest BCUT2D eigenvalue weighted by molar-refractivity contribution is -0.126. The smallest absolute Gasteiger partial charge is 0.348 e. The quantitative estimate of drug-likeness (QED) is 0.771. The molecule has 2 N–H and O–H groups in total. The molecule has 0 aliphatic heterocycles. The van der Waals surface area contributed by atoms with E-state index in [0.717, 1.165) is 31.2 Å². The molecule has 2 amide bonds. The number of carbonyl (C=O) groups excluding carboxylic acids is 3. The maximum Gasteiger partial charge on any atom is 0.348 e. The molecule has 1 aromatic rings. The van der Waals surface area contributed by atoms with E-state index in [1.165, 1.54) is 18.3 Å². The number of amides is 2. The van der Waals surface area contributed by atoms with Crippen LogP contribution in [-0.2, 0) is 14.3 Å². The number of anilines is 1. The minimum absolute atomic E-state index is 0.166. The molecule has 0 bridgehead atoms. The maximum atomic E-state index is 12.6. The first-order valence-electron chi connectivity index (χ1n) is 8.28. The van der Waals surface area contributed by atoms with E-state index in [1.54, 1.807) is 19.9 Å². The molecule has 1 fully saturated rings. The summed E-state index contributed by atoms with van der Waals surface area (Å²) < 4.78 is 5.01. The Balaban J connectivity index is 2.10. The number of aryl methyl sites for hydroxylation is 1. The number of hydrogen-bond acceptors (Lipinski definition) is 5. The minimum atomic E-state index is -0.529. The van der Waals surface area contributed by atoms with E-state index in [0.29, 0.717) is 16.5 Å². The second-order valence-corrected chi connectivity index (χ2v) is 7.11. The van der Waals surface area contributed by atoms with Crippen LogP contribution in [0.25, 0.3) is 0 Å². The van der Waals surface area contributed by atoms with Gasteiger partial charge in [0, 0.05) is 6.92 Å². The molecule has 0 saturated heterocycles. The third kappa shape index (κ3) is 4.56. The lowest BCUT2D eigenvalue weighted by atomic mass is 9.97. The number of esters is 1. The number of hydrogen-bond donors (Lipinski definition) is 2.